The van der Waals surface area contributed by atoms with Gasteiger partial charge in [0, 0.05) is 24.6 Å². The Morgan fingerprint density at radius 3 is 2.52 bits per heavy atom. The number of carbonyl (C=O) groups excluding carboxylic acids is 1. The molecule has 0 heterocycles. The standard InChI is InChI=1S/C20H21ClFNO4/c21-16-13-15(10-11-17(16)22)27-19(14-7-3-1-4-8-14)20(26)23-12-6-2-5-9-18(24)25/h1,3-4,7-8,10-11,13,19H,2,5-6,9,12H2,(H,23,26)(H,24,25). The third-order valence-corrected chi connectivity index (χ3v) is 4.14. The predicted molar refractivity (Wildman–Crippen MR) is 100 cm³/mol. The summed E-state index contributed by atoms with van der Waals surface area (Å²) in [5.41, 5.74) is 0.654. The van der Waals surface area contributed by atoms with Crippen LogP contribution in [0.15, 0.2) is 48.5 Å². The van der Waals surface area contributed by atoms with Crippen LogP contribution in [0.2, 0.25) is 5.02 Å². The Bertz CT molecular complexity index is 770. The van der Waals surface area contributed by atoms with Gasteiger partial charge in [-0.05, 0) is 25.0 Å². The lowest BCUT2D eigenvalue weighted by Gasteiger charge is -2.19. The molecule has 0 saturated carbocycles. The summed E-state index contributed by atoms with van der Waals surface area (Å²) in [6, 6.07) is 12.9. The van der Waals surface area contributed by atoms with E-state index in [9.17, 15) is 14.0 Å². The van der Waals surface area contributed by atoms with Crippen molar-refractivity contribution in [3.8, 4) is 5.75 Å². The van der Waals surface area contributed by atoms with Gasteiger partial charge in [-0.25, -0.2) is 4.39 Å². The Kier molecular flexibility index (Phi) is 8.07. The molecule has 0 bridgehead atoms. The van der Waals surface area contributed by atoms with Crippen LogP contribution in [0.4, 0.5) is 4.39 Å². The van der Waals surface area contributed by atoms with Gasteiger partial charge in [-0.1, -0.05) is 48.4 Å². The molecule has 0 aliphatic rings. The smallest absolute Gasteiger partial charge is 0.303 e. The molecule has 2 aromatic rings. The SMILES string of the molecule is O=C(O)CCCCCNC(=O)C(Oc1ccc(F)c(Cl)c1)c1ccccc1. The molecule has 1 unspecified atom stereocenters. The van der Waals surface area contributed by atoms with Gasteiger partial charge in [-0.2, -0.15) is 0 Å². The number of carboxylic acids is 1. The zero-order valence-corrected chi connectivity index (χ0v) is 15.4. The van der Waals surface area contributed by atoms with E-state index in [2.05, 4.69) is 5.32 Å². The average molecular weight is 394 g/mol. The zero-order chi connectivity index (χ0) is 19.6. The zero-order valence-electron chi connectivity index (χ0n) is 14.7. The molecule has 0 aromatic heterocycles. The monoisotopic (exact) mass is 393 g/mol. The fourth-order valence-electron chi connectivity index (χ4n) is 2.47. The van der Waals surface area contributed by atoms with Crippen molar-refractivity contribution in [2.75, 3.05) is 6.54 Å². The maximum Gasteiger partial charge on any atom is 0.303 e. The van der Waals surface area contributed by atoms with Crippen molar-refractivity contribution in [2.45, 2.75) is 31.8 Å². The maximum atomic E-state index is 13.3. The highest BCUT2D eigenvalue weighted by Gasteiger charge is 2.22. The molecule has 0 fully saturated rings. The molecule has 5 nitrogen and oxygen atoms in total. The number of benzene rings is 2. The highest BCUT2D eigenvalue weighted by Crippen LogP contribution is 2.26. The van der Waals surface area contributed by atoms with Gasteiger partial charge < -0.3 is 15.2 Å². The van der Waals surface area contributed by atoms with Crippen molar-refractivity contribution < 1.29 is 23.8 Å². The van der Waals surface area contributed by atoms with Gasteiger partial charge in [0.05, 0.1) is 5.02 Å². The first-order valence-electron chi connectivity index (χ1n) is 8.63. The Balaban J connectivity index is 1.99. The van der Waals surface area contributed by atoms with Crippen LogP contribution in [0, 0.1) is 5.82 Å². The average Bonchev–Trinajstić information content (AvgIpc) is 2.65. The summed E-state index contributed by atoms with van der Waals surface area (Å²) < 4.78 is 19.1. The number of halogens is 2. The second-order valence-corrected chi connectivity index (χ2v) is 6.39. The van der Waals surface area contributed by atoms with Crippen LogP contribution in [0.25, 0.3) is 0 Å². The molecule has 0 aliphatic carbocycles. The van der Waals surface area contributed by atoms with Crippen LogP contribution >= 0.6 is 11.6 Å². The molecule has 2 aromatic carbocycles. The molecule has 0 saturated heterocycles. The molecule has 0 spiro atoms. The molecule has 2 rings (SSSR count). The Labute approximate surface area is 162 Å². The summed E-state index contributed by atoms with van der Waals surface area (Å²) in [5.74, 6) is -1.44. The van der Waals surface area contributed by atoms with E-state index in [1.165, 1.54) is 18.2 Å². The minimum Gasteiger partial charge on any atom is -0.481 e. The van der Waals surface area contributed by atoms with Crippen molar-refractivity contribution in [1.29, 1.82) is 0 Å². The minimum atomic E-state index is -0.910. The first-order valence-corrected chi connectivity index (χ1v) is 9.01. The van der Waals surface area contributed by atoms with Gasteiger partial charge in [-0.3, -0.25) is 9.59 Å². The molecule has 1 amide bonds. The van der Waals surface area contributed by atoms with Crippen molar-refractivity contribution >= 4 is 23.5 Å². The molecule has 144 valence electrons. The summed E-state index contributed by atoms with van der Waals surface area (Å²) in [4.78, 5) is 23.1. The van der Waals surface area contributed by atoms with Gasteiger partial charge in [0.15, 0.2) is 0 Å². The molecular formula is C20H21ClFNO4. The number of nitrogens with one attached hydrogen (secondary N) is 1. The summed E-state index contributed by atoms with van der Waals surface area (Å²) in [6.45, 7) is 0.412. The number of amides is 1. The highest BCUT2D eigenvalue weighted by molar-refractivity contribution is 6.30. The predicted octanol–water partition coefficient (Wildman–Crippen LogP) is 4.36. The third-order valence-electron chi connectivity index (χ3n) is 3.85. The molecule has 0 aliphatic heterocycles. The van der Waals surface area contributed by atoms with Crippen LogP contribution in [-0.2, 0) is 9.59 Å². The second-order valence-electron chi connectivity index (χ2n) is 5.98. The Hall–Kier alpha value is -2.60. The molecular weight excluding hydrogens is 373 g/mol. The fraction of sp³-hybridized carbons (Fsp3) is 0.300. The number of aliphatic carboxylic acids is 1. The summed E-state index contributed by atoms with van der Waals surface area (Å²) in [6.07, 6.45) is 1.15. The molecule has 1 atom stereocenters. The number of carbonyl (C=O) groups is 2. The van der Waals surface area contributed by atoms with Crippen LogP contribution in [0.3, 0.4) is 0 Å². The van der Waals surface area contributed by atoms with Crippen molar-refractivity contribution in [2.24, 2.45) is 0 Å². The first kappa shape index (κ1) is 20.7. The van der Waals surface area contributed by atoms with E-state index in [1.54, 1.807) is 24.3 Å². The van der Waals surface area contributed by atoms with Crippen molar-refractivity contribution in [1.82, 2.24) is 5.32 Å². The van der Waals surface area contributed by atoms with E-state index < -0.39 is 17.9 Å². The van der Waals surface area contributed by atoms with Gasteiger partial charge in [0.25, 0.3) is 5.91 Å². The topological polar surface area (TPSA) is 75.6 Å². The van der Waals surface area contributed by atoms with Gasteiger partial charge in [0.2, 0.25) is 6.10 Å². The van der Waals surface area contributed by atoms with Crippen LogP contribution in [0.1, 0.15) is 37.4 Å². The van der Waals surface area contributed by atoms with Crippen molar-refractivity contribution in [3.63, 3.8) is 0 Å². The first-order chi connectivity index (χ1) is 13.0. The normalized spacial score (nSPS) is 11.6. The van der Waals surface area contributed by atoms with E-state index in [0.717, 1.165) is 0 Å². The quantitative estimate of drug-likeness (QED) is 0.588. The van der Waals surface area contributed by atoms with Gasteiger partial charge in [-0.15, -0.1) is 0 Å². The van der Waals surface area contributed by atoms with Crippen LogP contribution in [0.5, 0.6) is 5.75 Å². The van der Waals surface area contributed by atoms with Gasteiger partial charge in [0.1, 0.15) is 11.6 Å². The summed E-state index contributed by atoms with van der Waals surface area (Å²) >= 11 is 5.78. The van der Waals surface area contributed by atoms with E-state index in [1.807, 2.05) is 6.07 Å². The number of carboxylic acid groups (broad SMARTS) is 1. The summed E-state index contributed by atoms with van der Waals surface area (Å²) in [7, 11) is 0. The van der Waals surface area contributed by atoms with Crippen LogP contribution in [-0.4, -0.2) is 23.5 Å². The van der Waals surface area contributed by atoms with Gasteiger partial charge >= 0.3 is 5.97 Å². The van der Waals surface area contributed by atoms with E-state index in [0.29, 0.717) is 31.4 Å². The minimum absolute atomic E-state index is 0.0850. The Morgan fingerprint density at radius 1 is 1.11 bits per heavy atom. The lowest BCUT2D eigenvalue weighted by Crippen LogP contribution is -2.33. The highest BCUT2D eigenvalue weighted by atomic mass is 35.5. The number of rotatable bonds is 10. The fourth-order valence-corrected chi connectivity index (χ4v) is 2.64. The maximum absolute atomic E-state index is 13.3. The molecule has 7 heteroatoms. The number of unbranched alkanes of at least 4 members (excludes halogenated alkanes) is 2. The Morgan fingerprint density at radius 2 is 1.85 bits per heavy atom. The van der Waals surface area contributed by atoms with E-state index in [-0.39, 0.29) is 23.1 Å². The van der Waals surface area contributed by atoms with Crippen LogP contribution < -0.4 is 10.1 Å². The van der Waals surface area contributed by atoms with E-state index in [4.69, 9.17) is 21.4 Å². The third kappa shape index (κ3) is 6.90. The number of hydrogen-bond donors (Lipinski definition) is 2. The number of hydrogen-bond acceptors (Lipinski definition) is 3. The number of ether oxygens (including phenoxy) is 1. The summed E-state index contributed by atoms with van der Waals surface area (Å²) in [5, 5.41) is 11.3. The largest absolute Gasteiger partial charge is 0.481 e. The van der Waals surface area contributed by atoms with Crippen molar-refractivity contribution in [3.05, 3.63) is 64.9 Å². The lowest BCUT2D eigenvalue weighted by molar-refractivity contribution is -0.137. The van der Waals surface area contributed by atoms with E-state index >= 15 is 0 Å². The lowest BCUT2D eigenvalue weighted by atomic mass is 10.1. The molecule has 0 radical (unpaired) electrons. The molecule has 27 heavy (non-hydrogen) atoms. The molecule has 2 N–H and O–H groups in total. The second kappa shape index (κ2) is 10.5.